The van der Waals surface area contributed by atoms with E-state index >= 15 is 0 Å². The van der Waals surface area contributed by atoms with Gasteiger partial charge < -0.3 is 30.4 Å². The number of ether oxygens (including phenoxy) is 2. The van der Waals surface area contributed by atoms with Gasteiger partial charge in [-0.15, -0.1) is 0 Å². The molecule has 0 aliphatic heterocycles. The molecule has 4 aromatic rings. The van der Waals surface area contributed by atoms with E-state index in [0.29, 0.717) is 36.8 Å². The summed E-state index contributed by atoms with van der Waals surface area (Å²) < 4.78 is 24.5. The van der Waals surface area contributed by atoms with Crippen molar-refractivity contribution in [3.8, 4) is 11.5 Å². The van der Waals surface area contributed by atoms with E-state index < -0.39 is 11.9 Å². The number of H-pyrrole nitrogens is 1. The lowest BCUT2D eigenvalue weighted by Crippen LogP contribution is -2.49. The molecule has 0 aliphatic carbocycles. The molecule has 9 nitrogen and oxygen atoms in total. The third kappa shape index (κ3) is 9.37. The molecular weight excluding hydrogens is 501 g/mol. The van der Waals surface area contributed by atoms with Crippen molar-refractivity contribution >= 4 is 17.5 Å². The first-order valence-electron chi connectivity index (χ1n) is 12.5. The zero-order valence-electron chi connectivity index (χ0n) is 21.2. The van der Waals surface area contributed by atoms with Gasteiger partial charge in [-0.05, 0) is 54.1 Å². The van der Waals surface area contributed by atoms with Crippen molar-refractivity contribution in [1.29, 1.82) is 0 Å². The van der Waals surface area contributed by atoms with Gasteiger partial charge in [0.15, 0.2) is 0 Å². The zero-order valence-corrected chi connectivity index (χ0v) is 21.2. The third-order valence-electron chi connectivity index (χ3n) is 5.62. The zero-order chi connectivity index (χ0) is 27.3. The summed E-state index contributed by atoms with van der Waals surface area (Å²) in [6.45, 7) is 0.900. The number of rotatable bonds is 14. The molecule has 39 heavy (non-hydrogen) atoms. The summed E-state index contributed by atoms with van der Waals surface area (Å²) in [6.07, 6.45) is 4.07. The number of imidazole rings is 1. The van der Waals surface area contributed by atoms with E-state index in [1.54, 1.807) is 36.8 Å². The van der Waals surface area contributed by atoms with E-state index in [0.717, 1.165) is 11.3 Å². The van der Waals surface area contributed by atoms with Crippen LogP contribution in [0.15, 0.2) is 91.4 Å². The molecule has 2 amide bonds. The number of anilines is 1. The number of nitrogens with one attached hydrogen (secondary N) is 4. The summed E-state index contributed by atoms with van der Waals surface area (Å²) in [5.74, 6) is -0.0793. The molecule has 0 unspecified atom stereocenters. The van der Waals surface area contributed by atoms with Gasteiger partial charge >= 0.3 is 0 Å². The van der Waals surface area contributed by atoms with E-state index in [1.165, 1.54) is 24.3 Å². The lowest BCUT2D eigenvalue weighted by atomic mass is 10.2. The van der Waals surface area contributed by atoms with Crippen LogP contribution in [0.5, 0.6) is 11.5 Å². The van der Waals surface area contributed by atoms with Gasteiger partial charge in [0.1, 0.15) is 23.4 Å². The maximum atomic E-state index is 13.1. The Hall–Kier alpha value is -4.54. The lowest BCUT2D eigenvalue weighted by molar-refractivity contribution is -0.127. The van der Waals surface area contributed by atoms with Crippen LogP contribution in [0, 0.1) is 5.82 Å². The van der Waals surface area contributed by atoms with Gasteiger partial charge in [0.05, 0.1) is 31.8 Å². The van der Waals surface area contributed by atoms with Gasteiger partial charge in [-0.1, -0.05) is 30.3 Å². The van der Waals surface area contributed by atoms with Crippen molar-refractivity contribution in [2.45, 2.75) is 19.1 Å². The fourth-order valence-electron chi connectivity index (χ4n) is 3.62. The Kier molecular flexibility index (Phi) is 10.2. The highest BCUT2D eigenvalue weighted by Gasteiger charge is 2.21. The molecule has 4 N–H and O–H groups in total. The molecule has 3 aromatic carbocycles. The van der Waals surface area contributed by atoms with Crippen LogP contribution in [-0.4, -0.2) is 47.5 Å². The monoisotopic (exact) mass is 531 g/mol. The van der Waals surface area contributed by atoms with E-state index in [9.17, 15) is 14.0 Å². The Morgan fingerprint density at radius 3 is 2.36 bits per heavy atom. The molecule has 0 fully saturated rings. The van der Waals surface area contributed by atoms with E-state index in [2.05, 4.69) is 25.9 Å². The van der Waals surface area contributed by atoms with Crippen molar-refractivity contribution in [1.82, 2.24) is 20.6 Å². The Balaban J connectivity index is 1.30. The molecule has 0 aliphatic rings. The van der Waals surface area contributed by atoms with Crippen molar-refractivity contribution < 1.29 is 23.5 Å². The van der Waals surface area contributed by atoms with Crippen LogP contribution in [0.2, 0.25) is 0 Å². The SMILES string of the molecule is O=C(CNCCc1c[nH]cn1)N[C@@H](COCc1ccccc1)C(=O)Nc1ccc(Oc2ccc(F)cc2)cc1. The van der Waals surface area contributed by atoms with E-state index in [-0.39, 0.29) is 24.9 Å². The number of aromatic amines is 1. The summed E-state index contributed by atoms with van der Waals surface area (Å²) in [4.78, 5) is 32.7. The number of hydrogen-bond donors (Lipinski definition) is 4. The molecule has 202 valence electrons. The number of aromatic nitrogens is 2. The van der Waals surface area contributed by atoms with E-state index in [4.69, 9.17) is 9.47 Å². The third-order valence-corrected chi connectivity index (χ3v) is 5.62. The largest absolute Gasteiger partial charge is 0.457 e. The molecule has 10 heteroatoms. The van der Waals surface area contributed by atoms with Crippen molar-refractivity contribution in [3.63, 3.8) is 0 Å². The van der Waals surface area contributed by atoms with Gasteiger partial charge in [0.2, 0.25) is 11.8 Å². The number of hydrogen-bond acceptors (Lipinski definition) is 6. The Morgan fingerprint density at radius 1 is 0.949 bits per heavy atom. The topological polar surface area (TPSA) is 117 Å². The number of carbonyl (C=O) groups is 2. The lowest BCUT2D eigenvalue weighted by Gasteiger charge is -2.19. The predicted molar refractivity (Wildman–Crippen MR) is 145 cm³/mol. The van der Waals surface area contributed by atoms with Crippen LogP contribution in [0.1, 0.15) is 11.3 Å². The second-order valence-corrected chi connectivity index (χ2v) is 8.68. The first kappa shape index (κ1) is 27.5. The fourth-order valence-corrected chi connectivity index (χ4v) is 3.62. The second-order valence-electron chi connectivity index (χ2n) is 8.68. The number of halogens is 1. The molecule has 4 rings (SSSR count). The molecule has 1 aromatic heterocycles. The molecule has 1 atom stereocenters. The summed E-state index contributed by atoms with van der Waals surface area (Å²) in [6, 6.07) is 21.1. The van der Waals surface area contributed by atoms with Gasteiger partial charge in [0, 0.05) is 24.8 Å². The highest BCUT2D eigenvalue weighted by molar-refractivity contribution is 5.97. The second kappa shape index (κ2) is 14.4. The molecule has 0 bridgehead atoms. The van der Waals surface area contributed by atoms with E-state index in [1.807, 2.05) is 30.3 Å². The van der Waals surface area contributed by atoms with Crippen LogP contribution in [0.25, 0.3) is 0 Å². The molecule has 0 saturated carbocycles. The number of carbonyl (C=O) groups excluding carboxylic acids is 2. The fraction of sp³-hybridized carbons (Fsp3) is 0.207. The van der Waals surface area contributed by atoms with Crippen molar-refractivity contribution in [3.05, 3.63) is 108 Å². The Morgan fingerprint density at radius 2 is 1.67 bits per heavy atom. The van der Waals surface area contributed by atoms with Crippen molar-refractivity contribution in [2.75, 3.05) is 25.0 Å². The van der Waals surface area contributed by atoms with Gasteiger partial charge in [-0.25, -0.2) is 9.37 Å². The number of amides is 2. The molecular formula is C29H30FN5O4. The minimum atomic E-state index is -0.913. The first-order valence-corrected chi connectivity index (χ1v) is 12.5. The van der Waals surface area contributed by atoms with Crippen LogP contribution < -0.4 is 20.7 Å². The molecule has 0 radical (unpaired) electrons. The quantitative estimate of drug-likeness (QED) is 0.184. The maximum Gasteiger partial charge on any atom is 0.249 e. The Bertz CT molecular complexity index is 1300. The average Bonchev–Trinajstić information content (AvgIpc) is 3.47. The van der Waals surface area contributed by atoms with Gasteiger partial charge in [0.25, 0.3) is 0 Å². The summed E-state index contributed by atoms with van der Waals surface area (Å²) in [7, 11) is 0. The van der Waals surface area contributed by atoms with Crippen LogP contribution in [0.4, 0.5) is 10.1 Å². The van der Waals surface area contributed by atoms with Crippen LogP contribution >= 0.6 is 0 Å². The van der Waals surface area contributed by atoms with Crippen LogP contribution in [-0.2, 0) is 27.4 Å². The normalized spacial score (nSPS) is 11.5. The first-order chi connectivity index (χ1) is 19.0. The maximum absolute atomic E-state index is 13.1. The average molecular weight is 532 g/mol. The van der Waals surface area contributed by atoms with Gasteiger partial charge in [-0.2, -0.15) is 0 Å². The number of nitrogens with zero attached hydrogens (tertiary/aromatic N) is 1. The predicted octanol–water partition coefficient (Wildman–Crippen LogP) is 3.81. The molecule has 0 spiro atoms. The summed E-state index contributed by atoms with van der Waals surface area (Å²) >= 11 is 0. The minimum absolute atomic E-state index is 0.00843. The smallest absolute Gasteiger partial charge is 0.249 e. The molecule has 1 heterocycles. The molecule has 0 saturated heterocycles. The highest BCUT2D eigenvalue weighted by Crippen LogP contribution is 2.23. The summed E-state index contributed by atoms with van der Waals surface area (Å²) in [5, 5.41) is 8.61. The summed E-state index contributed by atoms with van der Waals surface area (Å²) in [5.41, 5.74) is 2.37. The number of benzene rings is 3. The van der Waals surface area contributed by atoms with Crippen LogP contribution in [0.3, 0.4) is 0 Å². The van der Waals surface area contributed by atoms with Gasteiger partial charge in [-0.3, -0.25) is 9.59 Å². The minimum Gasteiger partial charge on any atom is -0.457 e. The van der Waals surface area contributed by atoms with Crippen molar-refractivity contribution in [2.24, 2.45) is 0 Å². The Labute approximate surface area is 225 Å². The standard InChI is InChI=1S/C29H30FN5O4/c30-22-6-10-25(11-7-22)39-26-12-8-23(9-13-26)34-29(37)27(19-38-18-21-4-2-1-3-5-21)35-28(36)17-31-15-14-24-16-32-20-33-24/h1-13,16,20,27,31H,14-15,17-19H2,(H,32,33)(H,34,37)(H,35,36)/t27-/m0/s1. The highest BCUT2D eigenvalue weighted by atomic mass is 19.1.